The summed E-state index contributed by atoms with van der Waals surface area (Å²) >= 11 is 0. The Balaban J connectivity index is 2.02. The second-order valence-electron chi connectivity index (χ2n) is 6.70. The number of nitrogens with one attached hydrogen (secondary N) is 2. The summed E-state index contributed by atoms with van der Waals surface area (Å²) in [6.45, 7) is 0. The van der Waals surface area contributed by atoms with Crippen LogP contribution in [0.5, 0.6) is 0 Å². The summed E-state index contributed by atoms with van der Waals surface area (Å²) in [6, 6.07) is 7.68. The first-order valence-corrected chi connectivity index (χ1v) is 8.55. The summed E-state index contributed by atoms with van der Waals surface area (Å²) in [4.78, 5) is 25.9. The summed E-state index contributed by atoms with van der Waals surface area (Å²) in [5, 5.41) is 12.0. The van der Waals surface area contributed by atoms with Gasteiger partial charge >= 0.3 is 5.91 Å². The Morgan fingerprint density at radius 1 is 1.28 bits per heavy atom. The van der Waals surface area contributed by atoms with Crippen molar-refractivity contribution in [2.75, 3.05) is 5.32 Å². The van der Waals surface area contributed by atoms with Crippen molar-refractivity contribution < 1.29 is 9.59 Å². The number of hydrogen-bond donors (Lipinski definition) is 3. The minimum absolute atomic E-state index is 0.0765. The van der Waals surface area contributed by atoms with Crippen LogP contribution in [0.4, 0.5) is 5.69 Å². The Hall–Kier alpha value is -2.81. The number of anilines is 1. The molecule has 0 aromatic heterocycles. The molecule has 0 saturated heterocycles. The molecule has 0 aliphatic heterocycles. The summed E-state index contributed by atoms with van der Waals surface area (Å²) in [5.74, 6) is 0.679. The number of nitrogens with zero attached hydrogens (tertiary/aromatic N) is 1. The van der Waals surface area contributed by atoms with E-state index in [9.17, 15) is 9.59 Å². The van der Waals surface area contributed by atoms with Crippen molar-refractivity contribution in [2.45, 2.75) is 50.1 Å². The van der Waals surface area contributed by atoms with Crippen molar-refractivity contribution in [2.24, 2.45) is 5.73 Å². The zero-order chi connectivity index (χ0) is 18.0. The fraction of sp³-hybridized carbons (Fsp3) is 0.421. The molecule has 0 heterocycles. The summed E-state index contributed by atoms with van der Waals surface area (Å²) in [7, 11) is 0. The quantitative estimate of drug-likeness (QED) is 0.434. The predicted molar refractivity (Wildman–Crippen MR) is 96.0 cm³/mol. The van der Waals surface area contributed by atoms with E-state index in [2.05, 4.69) is 11.2 Å². The minimum atomic E-state index is -1.22. The van der Waals surface area contributed by atoms with Gasteiger partial charge in [0.15, 0.2) is 0 Å². The highest BCUT2D eigenvalue weighted by Gasteiger charge is 2.49. The van der Waals surface area contributed by atoms with Crippen molar-refractivity contribution in [3.8, 4) is 12.3 Å². The molecule has 4 N–H and O–H groups in total. The number of carbonyl (C=O) groups excluding carboxylic acids is 2. The molecule has 2 fully saturated rings. The van der Waals surface area contributed by atoms with Crippen molar-refractivity contribution in [3.63, 3.8) is 0 Å². The topological polar surface area (TPSA) is 99.3 Å². The normalized spacial score (nSPS) is 18.2. The van der Waals surface area contributed by atoms with Crippen LogP contribution in [0.15, 0.2) is 24.3 Å². The van der Waals surface area contributed by atoms with Gasteiger partial charge in [-0.05, 0) is 43.7 Å². The standard InChI is InChI=1S/C19H22N4O2/c1-2-16(24)23(19(18(21)25)11-5-6-12-19)17(20)14-7-3-4-8-15(14)22-13-9-10-13/h1,3-4,7-8,13,20,22H,5-6,9-12H2,(H2,21,25). The molecule has 0 atom stereocenters. The molecule has 0 spiro atoms. The van der Waals surface area contributed by atoms with Crippen LogP contribution in [-0.4, -0.2) is 34.1 Å². The lowest BCUT2D eigenvalue weighted by molar-refractivity contribution is -0.137. The van der Waals surface area contributed by atoms with Gasteiger partial charge in [0.25, 0.3) is 0 Å². The SMILES string of the molecule is C#CC(=O)N(C(=N)c1ccccc1NC1CC1)C1(C(N)=O)CCCC1. The van der Waals surface area contributed by atoms with Gasteiger partial charge in [-0.1, -0.05) is 25.0 Å². The molecule has 25 heavy (non-hydrogen) atoms. The van der Waals surface area contributed by atoms with Gasteiger partial charge in [0.1, 0.15) is 11.4 Å². The van der Waals surface area contributed by atoms with E-state index < -0.39 is 17.4 Å². The van der Waals surface area contributed by atoms with E-state index in [1.807, 2.05) is 12.1 Å². The zero-order valence-electron chi connectivity index (χ0n) is 14.0. The van der Waals surface area contributed by atoms with Crippen LogP contribution < -0.4 is 11.1 Å². The molecular formula is C19H22N4O2. The predicted octanol–water partition coefficient (Wildman–Crippen LogP) is 1.85. The Kier molecular flexibility index (Phi) is 4.49. The number of primary amides is 1. The number of nitrogens with two attached hydrogens (primary N) is 1. The van der Waals surface area contributed by atoms with E-state index in [0.29, 0.717) is 24.4 Å². The van der Waals surface area contributed by atoms with Gasteiger partial charge in [0.05, 0.1) is 0 Å². The fourth-order valence-corrected chi connectivity index (χ4v) is 3.50. The first kappa shape index (κ1) is 17.0. The summed E-state index contributed by atoms with van der Waals surface area (Å²) in [5.41, 5.74) is 5.75. The van der Waals surface area contributed by atoms with Gasteiger partial charge in [-0.15, -0.1) is 6.42 Å². The Morgan fingerprint density at radius 2 is 1.92 bits per heavy atom. The Labute approximate surface area is 147 Å². The van der Waals surface area contributed by atoms with E-state index in [1.54, 1.807) is 12.1 Å². The molecule has 0 unspecified atom stereocenters. The second kappa shape index (κ2) is 6.60. The molecular weight excluding hydrogens is 316 g/mol. The van der Waals surface area contributed by atoms with Gasteiger partial charge in [-0.2, -0.15) is 0 Å². The molecule has 2 amide bonds. The van der Waals surface area contributed by atoms with Crippen LogP contribution in [0.2, 0.25) is 0 Å². The van der Waals surface area contributed by atoms with Crippen LogP contribution >= 0.6 is 0 Å². The van der Waals surface area contributed by atoms with E-state index in [-0.39, 0.29) is 5.84 Å². The maximum absolute atomic E-state index is 12.5. The average Bonchev–Trinajstić information content (AvgIpc) is 3.28. The molecule has 2 saturated carbocycles. The highest BCUT2D eigenvalue weighted by Crippen LogP contribution is 2.37. The number of amidine groups is 1. The number of terminal acetylenes is 1. The van der Waals surface area contributed by atoms with Crippen molar-refractivity contribution in [3.05, 3.63) is 29.8 Å². The summed E-state index contributed by atoms with van der Waals surface area (Å²) in [6.07, 6.45) is 9.90. The van der Waals surface area contributed by atoms with Gasteiger partial charge in [0.2, 0.25) is 5.91 Å². The maximum atomic E-state index is 12.5. The fourth-order valence-electron chi connectivity index (χ4n) is 3.50. The number of benzene rings is 1. The molecule has 2 aliphatic carbocycles. The van der Waals surface area contributed by atoms with Gasteiger partial charge in [0, 0.05) is 17.3 Å². The number of para-hydroxylation sites is 1. The average molecular weight is 338 g/mol. The van der Waals surface area contributed by atoms with E-state index in [4.69, 9.17) is 17.6 Å². The third-order valence-electron chi connectivity index (χ3n) is 4.99. The number of hydrogen-bond acceptors (Lipinski definition) is 4. The first-order chi connectivity index (χ1) is 12.0. The molecule has 1 aromatic rings. The lowest BCUT2D eigenvalue weighted by atomic mass is 9.92. The van der Waals surface area contributed by atoms with Crippen molar-refractivity contribution in [1.82, 2.24) is 4.90 Å². The second-order valence-corrected chi connectivity index (χ2v) is 6.70. The van der Waals surface area contributed by atoms with Gasteiger partial charge in [-0.3, -0.25) is 19.9 Å². The highest BCUT2D eigenvalue weighted by atomic mass is 16.2. The smallest absolute Gasteiger partial charge is 0.304 e. The van der Waals surface area contributed by atoms with Crippen molar-refractivity contribution in [1.29, 1.82) is 5.41 Å². The van der Waals surface area contributed by atoms with Crippen LogP contribution in [0.25, 0.3) is 0 Å². The number of carbonyl (C=O) groups is 2. The van der Waals surface area contributed by atoms with Crippen LogP contribution in [0.1, 0.15) is 44.1 Å². The minimum Gasteiger partial charge on any atom is -0.382 e. The third kappa shape index (κ3) is 3.10. The lowest BCUT2D eigenvalue weighted by Gasteiger charge is -2.38. The largest absolute Gasteiger partial charge is 0.382 e. The first-order valence-electron chi connectivity index (χ1n) is 8.55. The molecule has 0 bridgehead atoms. The molecule has 0 radical (unpaired) electrons. The molecule has 6 heteroatoms. The number of amides is 2. The van der Waals surface area contributed by atoms with Gasteiger partial charge < -0.3 is 11.1 Å². The molecule has 130 valence electrons. The highest BCUT2D eigenvalue weighted by molar-refractivity contribution is 6.16. The van der Waals surface area contributed by atoms with Crippen LogP contribution in [0, 0.1) is 17.8 Å². The molecule has 2 aliphatic rings. The van der Waals surface area contributed by atoms with Crippen LogP contribution in [0.3, 0.4) is 0 Å². The lowest BCUT2D eigenvalue weighted by Crippen LogP contribution is -2.60. The third-order valence-corrected chi connectivity index (χ3v) is 4.99. The molecule has 6 nitrogen and oxygen atoms in total. The number of rotatable bonds is 5. The monoisotopic (exact) mass is 338 g/mol. The Bertz CT molecular complexity index is 755. The Morgan fingerprint density at radius 3 is 2.48 bits per heavy atom. The zero-order valence-corrected chi connectivity index (χ0v) is 14.0. The molecule has 1 aromatic carbocycles. The van der Waals surface area contributed by atoms with Crippen molar-refractivity contribution >= 4 is 23.3 Å². The maximum Gasteiger partial charge on any atom is 0.304 e. The van der Waals surface area contributed by atoms with E-state index >= 15 is 0 Å². The van der Waals surface area contributed by atoms with Crippen LogP contribution in [-0.2, 0) is 9.59 Å². The van der Waals surface area contributed by atoms with E-state index in [1.165, 1.54) is 0 Å². The van der Waals surface area contributed by atoms with Gasteiger partial charge in [-0.25, -0.2) is 0 Å². The van der Waals surface area contributed by atoms with E-state index in [0.717, 1.165) is 36.3 Å². The summed E-state index contributed by atoms with van der Waals surface area (Å²) < 4.78 is 0. The molecule has 3 rings (SSSR count).